The Labute approximate surface area is 131 Å². The van der Waals surface area contributed by atoms with Gasteiger partial charge >= 0.3 is 5.97 Å². The third-order valence-corrected chi connectivity index (χ3v) is 4.24. The van der Waals surface area contributed by atoms with Crippen LogP contribution in [0.3, 0.4) is 0 Å². The minimum atomic E-state index is -1.02. The van der Waals surface area contributed by atoms with E-state index in [-0.39, 0.29) is 25.0 Å². The maximum absolute atomic E-state index is 11.9. The molecule has 22 heavy (non-hydrogen) atoms. The Morgan fingerprint density at radius 3 is 2.64 bits per heavy atom. The molecule has 0 aromatic heterocycles. The number of piperidine rings is 1. The average molecular weight is 304 g/mol. The lowest BCUT2D eigenvalue weighted by Crippen LogP contribution is -2.45. The maximum Gasteiger partial charge on any atom is 0.322 e. The lowest BCUT2D eigenvalue weighted by Gasteiger charge is -2.40. The van der Waals surface area contributed by atoms with Gasteiger partial charge in [-0.3, -0.25) is 14.5 Å². The molecule has 1 amide bonds. The van der Waals surface area contributed by atoms with Gasteiger partial charge in [-0.25, -0.2) is 0 Å². The molecule has 1 heterocycles. The number of likely N-dealkylation sites (tertiary alicyclic amines) is 1. The minimum absolute atomic E-state index is 0.213. The van der Waals surface area contributed by atoms with Crippen molar-refractivity contribution in [3.63, 3.8) is 0 Å². The largest absolute Gasteiger partial charge is 0.480 e. The van der Waals surface area contributed by atoms with E-state index in [9.17, 15) is 9.59 Å². The van der Waals surface area contributed by atoms with E-state index in [0.29, 0.717) is 5.92 Å². The highest BCUT2D eigenvalue weighted by molar-refractivity contribution is 5.82. The van der Waals surface area contributed by atoms with Crippen molar-refractivity contribution in [1.82, 2.24) is 10.2 Å². The molecule has 1 aliphatic heterocycles. The number of hydrogen-bond donors (Lipinski definition) is 2. The van der Waals surface area contributed by atoms with Crippen LogP contribution in [-0.2, 0) is 9.59 Å². The molecular weight excluding hydrogens is 280 g/mol. The number of carbonyl (C=O) groups excluding carboxylic acids is 1. The van der Waals surface area contributed by atoms with Crippen molar-refractivity contribution in [2.24, 2.45) is 5.92 Å². The van der Waals surface area contributed by atoms with Crippen molar-refractivity contribution >= 4 is 11.9 Å². The minimum Gasteiger partial charge on any atom is -0.480 e. The molecule has 0 aliphatic carbocycles. The molecule has 0 radical (unpaired) electrons. The molecule has 2 N–H and O–H groups in total. The quantitative estimate of drug-likeness (QED) is 0.872. The van der Waals surface area contributed by atoms with Crippen molar-refractivity contribution in [2.75, 3.05) is 19.6 Å². The maximum atomic E-state index is 11.9. The number of hydrogen-bond acceptors (Lipinski definition) is 3. The Bertz CT molecular complexity index is 527. The van der Waals surface area contributed by atoms with E-state index in [2.05, 4.69) is 48.3 Å². The zero-order valence-corrected chi connectivity index (χ0v) is 13.2. The van der Waals surface area contributed by atoms with E-state index < -0.39 is 5.97 Å². The number of carboxylic acid groups (broad SMARTS) is 1. The van der Waals surface area contributed by atoms with Gasteiger partial charge < -0.3 is 10.4 Å². The molecule has 0 bridgehead atoms. The number of aliphatic carboxylic acids is 1. The second kappa shape index (κ2) is 7.40. The summed E-state index contributed by atoms with van der Waals surface area (Å²) < 4.78 is 0. The number of amides is 1. The zero-order chi connectivity index (χ0) is 16.1. The Morgan fingerprint density at radius 2 is 2.00 bits per heavy atom. The normalized spacial score (nSPS) is 22.3. The number of benzene rings is 1. The first-order valence-corrected chi connectivity index (χ1v) is 7.76. The summed E-state index contributed by atoms with van der Waals surface area (Å²) in [5.41, 5.74) is 2.45. The molecule has 1 aliphatic rings. The summed E-state index contributed by atoms with van der Waals surface area (Å²) in [6, 6.07) is 8.66. The number of rotatable bonds is 5. The van der Waals surface area contributed by atoms with Crippen LogP contribution in [0.4, 0.5) is 0 Å². The summed E-state index contributed by atoms with van der Waals surface area (Å²) >= 11 is 0. The molecule has 1 aromatic rings. The first-order chi connectivity index (χ1) is 10.5. The number of nitrogens with one attached hydrogen (secondary N) is 1. The highest BCUT2D eigenvalue weighted by atomic mass is 16.4. The van der Waals surface area contributed by atoms with Gasteiger partial charge in [-0.15, -0.1) is 0 Å². The third kappa shape index (κ3) is 4.31. The first-order valence-electron chi connectivity index (χ1n) is 7.76. The van der Waals surface area contributed by atoms with Gasteiger partial charge in [0.05, 0.1) is 6.54 Å². The van der Waals surface area contributed by atoms with Crippen LogP contribution >= 0.6 is 0 Å². The van der Waals surface area contributed by atoms with Crippen LogP contribution in [0.15, 0.2) is 24.3 Å². The number of aryl methyl sites for hydroxylation is 1. The Hall–Kier alpha value is -1.88. The summed E-state index contributed by atoms with van der Waals surface area (Å²) in [4.78, 5) is 24.6. The number of carboxylic acids is 1. The summed E-state index contributed by atoms with van der Waals surface area (Å²) in [5, 5.41) is 11.1. The Kier molecular flexibility index (Phi) is 5.55. The van der Waals surface area contributed by atoms with E-state index in [1.54, 1.807) is 0 Å². The third-order valence-electron chi connectivity index (χ3n) is 4.24. The molecule has 5 nitrogen and oxygen atoms in total. The molecule has 1 fully saturated rings. The molecule has 0 saturated carbocycles. The van der Waals surface area contributed by atoms with Crippen LogP contribution in [0, 0.1) is 12.8 Å². The van der Waals surface area contributed by atoms with Crippen LogP contribution in [-0.4, -0.2) is 41.5 Å². The van der Waals surface area contributed by atoms with Gasteiger partial charge in [-0.2, -0.15) is 0 Å². The van der Waals surface area contributed by atoms with E-state index in [0.717, 1.165) is 19.4 Å². The van der Waals surface area contributed by atoms with E-state index in [4.69, 9.17) is 5.11 Å². The highest BCUT2D eigenvalue weighted by Gasteiger charge is 2.30. The average Bonchev–Trinajstić information content (AvgIpc) is 2.47. The number of carbonyl (C=O) groups is 2. The second-order valence-electron chi connectivity index (χ2n) is 6.12. The molecular formula is C17H24N2O3. The van der Waals surface area contributed by atoms with Gasteiger partial charge in [-0.05, 0) is 37.8 Å². The standard InChI is InChI=1S/C17H24N2O3/c1-12-5-7-14(8-6-12)17-13(2)4-3-9-19(17)11-15(20)18-10-16(21)22/h5-8,13,17H,3-4,9-11H2,1-2H3,(H,18,20)(H,21,22)/t13-,17+/m1/s1. The van der Waals surface area contributed by atoms with Gasteiger partial charge in [-0.1, -0.05) is 36.8 Å². The van der Waals surface area contributed by atoms with Gasteiger partial charge in [0.1, 0.15) is 6.54 Å². The summed E-state index contributed by atoms with van der Waals surface area (Å²) in [6.07, 6.45) is 2.21. The molecule has 5 heteroatoms. The van der Waals surface area contributed by atoms with Crippen LogP contribution in [0.2, 0.25) is 0 Å². The van der Waals surface area contributed by atoms with Crippen molar-refractivity contribution in [3.05, 3.63) is 35.4 Å². The SMILES string of the molecule is Cc1ccc([C@@H]2[C@H](C)CCCN2CC(=O)NCC(=O)O)cc1. The van der Waals surface area contributed by atoms with Gasteiger partial charge in [0, 0.05) is 6.04 Å². The van der Waals surface area contributed by atoms with Gasteiger partial charge in [0.15, 0.2) is 0 Å². The molecule has 0 unspecified atom stereocenters. The van der Waals surface area contributed by atoms with Gasteiger partial charge in [0.2, 0.25) is 5.91 Å². The molecule has 0 spiro atoms. The van der Waals surface area contributed by atoms with Crippen molar-refractivity contribution in [3.8, 4) is 0 Å². The fourth-order valence-electron chi connectivity index (χ4n) is 3.17. The molecule has 1 saturated heterocycles. The summed E-state index contributed by atoms with van der Waals surface area (Å²) in [5.74, 6) is -0.771. The first kappa shape index (κ1) is 16.5. The number of nitrogens with zero attached hydrogens (tertiary/aromatic N) is 1. The molecule has 1 aromatic carbocycles. The van der Waals surface area contributed by atoms with E-state index in [1.165, 1.54) is 11.1 Å². The zero-order valence-electron chi connectivity index (χ0n) is 13.2. The molecule has 120 valence electrons. The Morgan fingerprint density at radius 1 is 1.32 bits per heavy atom. The lowest BCUT2D eigenvalue weighted by molar-refractivity contribution is -0.138. The topological polar surface area (TPSA) is 69.6 Å². The summed E-state index contributed by atoms with van der Waals surface area (Å²) in [6.45, 7) is 5.06. The lowest BCUT2D eigenvalue weighted by atomic mass is 9.85. The van der Waals surface area contributed by atoms with Crippen LogP contribution in [0.1, 0.15) is 36.9 Å². The predicted octanol–water partition coefficient (Wildman–Crippen LogP) is 1.97. The van der Waals surface area contributed by atoms with Crippen molar-refractivity contribution < 1.29 is 14.7 Å². The fraction of sp³-hybridized carbons (Fsp3) is 0.529. The molecule has 2 atom stereocenters. The fourth-order valence-corrected chi connectivity index (χ4v) is 3.17. The van der Waals surface area contributed by atoms with E-state index >= 15 is 0 Å². The van der Waals surface area contributed by atoms with E-state index in [1.807, 2.05) is 0 Å². The molecule has 2 rings (SSSR count). The smallest absolute Gasteiger partial charge is 0.322 e. The van der Waals surface area contributed by atoms with Gasteiger partial charge in [0.25, 0.3) is 0 Å². The second-order valence-corrected chi connectivity index (χ2v) is 6.12. The van der Waals surface area contributed by atoms with Crippen LogP contribution in [0.5, 0.6) is 0 Å². The Balaban J connectivity index is 2.08. The van der Waals surface area contributed by atoms with Crippen molar-refractivity contribution in [2.45, 2.75) is 32.7 Å². The van der Waals surface area contributed by atoms with Crippen LogP contribution in [0.25, 0.3) is 0 Å². The van der Waals surface area contributed by atoms with Crippen LogP contribution < -0.4 is 5.32 Å². The van der Waals surface area contributed by atoms with Crippen molar-refractivity contribution in [1.29, 1.82) is 0 Å². The monoisotopic (exact) mass is 304 g/mol. The summed E-state index contributed by atoms with van der Waals surface area (Å²) in [7, 11) is 0. The predicted molar refractivity (Wildman–Crippen MR) is 84.5 cm³/mol. The highest BCUT2D eigenvalue weighted by Crippen LogP contribution is 2.35.